The molecule has 148 valence electrons. The number of alkyl halides is 3. The molecular weight excluding hydrogens is 466 g/mol. The van der Waals surface area contributed by atoms with E-state index in [0.29, 0.717) is 5.56 Å². The number of carbonyl (C=O) groups excluding carboxylic acids is 1. The van der Waals surface area contributed by atoms with Gasteiger partial charge in [-0.2, -0.15) is 0 Å². The minimum atomic E-state index is -4.72. The lowest BCUT2D eigenvalue weighted by molar-refractivity contribution is -0.274. The summed E-state index contributed by atoms with van der Waals surface area (Å²) in [6, 6.07) is 5.31. The van der Waals surface area contributed by atoms with Gasteiger partial charge in [0.15, 0.2) is 5.96 Å². The first-order valence-corrected chi connectivity index (χ1v) is 7.55. The second-order valence-electron chi connectivity index (χ2n) is 6.16. The topological polar surface area (TPSA) is 85.9 Å². The van der Waals surface area contributed by atoms with Crippen molar-refractivity contribution in [3.63, 3.8) is 0 Å². The molecular formula is C16H23F3IN3O3. The van der Waals surface area contributed by atoms with Crippen LogP contribution in [0.4, 0.5) is 13.2 Å². The Morgan fingerprint density at radius 3 is 2.27 bits per heavy atom. The highest BCUT2D eigenvalue weighted by Crippen LogP contribution is 2.22. The second-order valence-corrected chi connectivity index (χ2v) is 6.16. The van der Waals surface area contributed by atoms with Crippen molar-refractivity contribution in [3.8, 4) is 5.75 Å². The highest BCUT2D eigenvalue weighted by Gasteiger charge is 2.30. The highest BCUT2D eigenvalue weighted by atomic mass is 127. The van der Waals surface area contributed by atoms with E-state index in [-0.39, 0.29) is 61.2 Å². The van der Waals surface area contributed by atoms with Crippen LogP contribution < -0.4 is 15.8 Å². The Morgan fingerprint density at radius 2 is 1.77 bits per heavy atom. The number of halogens is 4. The number of ether oxygens (including phenoxy) is 2. The Kier molecular flexibility index (Phi) is 9.74. The number of guanidine groups is 1. The van der Waals surface area contributed by atoms with Gasteiger partial charge in [0.05, 0.1) is 13.0 Å². The van der Waals surface area contributed by atoms with Crippen LogP contribution >= 0.6 is 24.0 Å². The molecule has 1 rings (SSSR count). The minimum absolute atomic E-state index is 0. The van der Waals surface area contributed by atoms with Gasteiger partial charge in [-0.15, -0.1) is 37.1 Å². The van der Waals surface area contributed by atoms with Crippen molar-refractivity contribution in [2.75, 3.05) is 6.54 Å². The molecule has 0 aromatic heterocycles. The number of aliphatic imine (C=N–C) groups is 1. The average molecular weight is 489 g/mol. The van der Waals surface area contributed by atoms with Gasteiger partial charge >= 0.3 is 12.3 Å². The average Bonchev–Trinajstić information content (AvgIpc) is 2.43. The van der Waals surface area contributed by atoms with Gasteiger partial charge in [-0.1, -0.05) is 12.1 Å². The van der Waals surface area contributed by atoms with E-state index in [4.69, 9.17) is 10.5 Å². The maximum Gasteiger partial charge on any atom is 0.573 e. The summed E-state index contributed by atoms with van der Waals surface area (Å²) in [6.45, 7) is 5.78. The summed E-state index contributed by atoms with van der Waals surface area (Å²) in [4.78, 5) is 15.6. The van der Waals surface area contributed by atoms with Crippen LogP contribution in [0, 0.1) is 0 Å². The molecule has 0 aliphatic carbocycles. The third kappa shape index (κ3) is 11.8. The van der Waals surface area contributed by atoms with Gasteiger partial charge in [-0.3, -0.25) is 4.79 Å². The van der Waals surface area contributed by atoms with Crippen molar-refractivity contribution in [1.82, 2.24) is 5.32 Å². The molecule has 0 radical (unpaired) electrons. The number of rotatable bonds is 6. The molecule has 0 atom stereocenters. The number of carbonyl (C=O) groups is 1. The van der Waals surface area contributed by atoms with Crippen LogP contribution in [0.3, 0.4) is 0 Å². The number of esters is 1. The van der Waals surface area contributed by atoms with Crippen molar-refractivity contribution in [3.05, 3.63) is 29.8 Å². The molecule has 0 unspecified atom stereocenters. The number of hydrogen-bond acceptors (Lipinski definition) is 4. The molecule has 0 spiro atoms. The molecule has 0 saturated heterocycles. The lowest BCUT2D eigenvalue weighted by Gasteiger charge is -2.19. The number of nitrogens with two attached hydrogens (primary N) is 1. The van der Waals surface area contributed by atoms with E-state index in [1.165, 1.54) is 24.3 Å². The van der Waals surface area contributed by atoms with Crippen molar-refractivity contribution in [1.29, 1.82) is 0 Å². The maximum absolute atomic E-state index is 12.1. The Balaban J connectivity index is 0.00000625. The van der Waals surface area contributed by atoms with E-state index >= 15 is 0 Å². The van der Waals surface area contributed by atoms with Crippen molar-refractivity contribution in [2.45, 2.75) is 45.7 Å². The molecule has 0 fully saturated rings. The smallest absolute Gasteiger partial charge is 0.460 e. The van der Waals surface area contributed by atoms with Crippen molar-refractivity contribution >= 4 is 35.9 Å². The van der Waals surface area contributed by atoms with Crippen molar-refractivity contribution < 1.29 is 27.4 Å². The zero-order valence-corrected chi connectivity index (χ0v) is 17.1. The van der Waals surface area contributed by atoms with Gasteiger partial charge in [0.1, 0.15) is 11.4 Å². The molecule has 6 nitrogen and oxygen atoms in total. The third-order valence-electron chi connectivity index (χ3n) is 2.64. The summed E-state index contributed by atoms with van der Waals surface area (Å²) in [6.07, 6.45) is -4.58. The summed E-state index contributed by atoms with van der Waals surface area (Å²) >= 11 is 0. The molecule has 0 bridgehead atoms. The SMILES string of the molecule is CC(C)(C)OC(=O)CCNC(N)=NCc1ccc(OC(F)(F)F)cc1.I. The number of nitrogens with one attached hydrogen (secondary N) is 1. The molecule has 0 heterocycles. The fraction of sp³-hybridized carbons (Fsp3) is 0.500. The predicted octanol–water partition coefficient (Wildman–Crippen LogP) is 3.34. The fourth-order valence-corrected chi connectivity index (χ4v) is 1.71. The predicted molar refractivity (Wildman–Crippen MR) is 102 cm³/mol. The van der Waals surface area contributed by atoms with Crippen LogP contribution in [0.25, 0.3) is 0 Å². The standard InChI is InChI=1S/C16H22F3N3O3.HI/c1-15(2,3)25-13(23)8-9-21-14(20)22-10-11-4-6-12(7-5-11)24-16(17,18)19;/h4-7H,8-10H2,1-3H3,(H3,20,21,22);1H. The van der Waals surface area contributed by atoms with Crippen LogP contribution in [-0.2, 0) is 16.1 Å². The maximum atomic E-state index is 12.1. The zero-order chi connectivity index (χ0) is 19.1. The molecule has 0 aliphatic heterocycles. The highest BCUT2D eigenvalue weighted by molar-refractivity contribution is 14.0. The molecule has 0 aliphatic rings. The molecule has 3 N–H and O–H groups in total. The van der Waals surface area contributed by atoms with Gasteiger partial charge in [0.25, 0.3) is 0 Å². The Labute approximate surface area is 167 Å². The first-order valence-electron chi connectivity index (χ1n) is 7.55. The summed E-state index contributed by atoms with van der Waals surface area (Å²) in [5.74, 6) is -0.532. The van der Waals surface area contributed by atoms with Crippen LogP contribution in [-0.4, -0.2) is 30.4 Å². The number of hydrogen-bond donors (Lipinski definition) is 2. The monoisotopic (exact) mass is 489 g/mol. The van der Waals surface area contributed by atoms with Gasteiger partial charge in [-0.05, 0) is 38.5 Å². The van der Waals surface area contributed by atoms with Gasteiger partial charge < -0.3 is 20.5 Å². The summed E-state index contributed by atoms with van der Waals surface area (Å²) in [7, 11) is 0. The Morgan fingerprint density at radius 1 is 1.19 bits per heavy atom. The van der Waals surface area contributed by atoms with Crippen LogP contribution in [0.5, 0.6) is 5.75 Å². The van der Waals surface area contributed by atoms with Crippen LogP contribution in [0.2, 0.25) is 0 Å². The van der Waals surface area contributed by atoms with E-state index in [2.05, 4.69) is 15.0 Å². The van der Waals surface area contributed by atoms with E-state index < -0.39 is 12.0 Å². The number of nitrogens with zero attached hydrogens (tertiary/aromatic N) is 1. The zero-order valence-electron chi connectivity index (χ0n) is 14.7. The van der Waals surface area contributed by atoms with Crippen LogP contribution in [0.15, 0.2) is 29.3 Å². The fourth-order valence-electron chi connectivity index (χ4n) is 1.71. The van der Waals surface area contributed by atoms with E-state index in [9.17, 15) is 18.0 Å². The second kappa shape index (κ2) is 10.4. The third-order valence-corrected chi connectivity index (χ3v) is 2.64. The molecule has 1 aromatic rings. The summed E-state index contributed by atoms with van der Waals surface area (Å²) in [5.41, 5.74) is 5.78. The normalized spacial score (nSPS) is 12.2. The molecule has 26 heavy (non-hydrogen) atoms. The minimum Gasteiger partial charge on any atom is -0.460 e. The quantitative estimate of drug-likeness (QED) is 0.277. The molecule has 10 heteroatoms. The Hall–Kier alpha value is -1.72. The summed E-state index contributed by atoms with van der Waals surface area (Å²) < 4.78 is 45.1. The number of benzene rings is 1. The first kappa shape index (κ1) is 24.3. The van der Waals surface area contributed by atoms with Crippen molar-refractivity contribution in [2.24, 2.45) is 10.7 Å². The van der Waals surface area contributed by atoms with E-state index in [1.54, 1.807) is 20.8 Å². The first-order chi connectivity index (χ1) is 11.4. The van der Waals surface area contributed by atoms with Crippen LogP contribution in [0.1, 0.15) is 32.8 Å². The van der Waals surface area contributed by atoms with Gasteiger partial charge in [0.2, 0.25) is 0 Å². The largest absolute Gasteiger partial charge is 0.573 e. The van der Waals surface area contributed by atoms with E-state index in [0.717, 1.165) is 0 Å². The Bertz CT molecular complexity index is 599. The van der Waals surface area contributed by atoms with Gasteiger partial charge in [-0.25, -0.2) is 4.99 Å². The molecule has 0 saturated carbocycles. The molecule has 1 aromatic carbocycles. The molecule has 0 amide bonds. The summed E-state index contributed by atoms with van der Waals surface area (Å²) in [5, 5.41) is 2.77. The van der Waals surface area contributed by atoms with Gasteiger partial charge in [0, 0.05) is 6.54 Å². The van der Waals surface area contributed by atoms with E-state index in [1.807, 2.05) is 0 Å². The lowest BCUT2D eigenvalue weighted by atomic mass is 10.2. The lowest BCUT2D eigenvalue weighted by Crippen LogP contribution is -2.34.